The van der Waals surface area contributed by atoms with Gasteiger partial charge in [-0.05, 0) is 24.3 Å². The fourth-order valence-corrected chi connectivity index (χ4v) is 2.95. The first-order valence-electron chi connectivity index (χ1n) is 8.48. The molecule has 3 aromatic rings. The number of rotatable bonds is 4. The van der Waals surface area contributed by atoms with Gasteiger partial charge < -0.3 is 15.5 Å². The van der Waals surface area contributed by atoms with Crippen LogP contribution in [-0.4, -0.2) is 52.3 Å². The number of aromatic nitrogens is 4. The lowest BCUT2D eigenvalue weighted by atomic mass is 10.1. The van der Waals surface area contributed by atoms with Gasteiger partial charge in [0.1, 0.15) is 5.82 Å². The van der Waals surface area contributed by atoms with Crippen molar-refractivity contribution in [1.29, 1.82) is 0 Å². The van der Waals surface area contributed by atoms with Crippen LogP contribution in [-0.2, 0) is 0 Å². The molecule has 1 saturated heterocycles. The highest BCUT2D eigenvalue weighted by atomic mass is 16.1. The summed E-state index contributed by atoms with van der Waals surface area (Å²) in [6.45, 7) is 3.85. The fourth-order valence-electron chi connectivity index (χ4n) is 2.95. The molecule has 26 heavy (non-hydrogen) atoms. The van der Waals surface area contributed by atoms with Gasteiger partial charge in [-0.3, -0.25) is 14.9 Å². The normalized spacial score (nSPS) is 14.2. The van der Waals surface area contributed by atoms with E-state index in [-0.39, 0.29) is 5.91 Å². The van der Waals surface area contributed by atoms with Crippen molar-refractivity contribution in [3.63, 3.8) is 0 Å². The van der Waals surface area contributed by atoms with E-state index >= 15 is 0 Å². The number of pyridine rings is 2. The third-order valence-corrected chi connectivity index (χ3v) is 4.32. The monoisotopic (exact) mass is 349 g/mol. The van der Waals surface area contributed by atoms with E-state index in [2.05, 4.69) is 35.7 Å². The summed E-state index contributed by atoms with van der Waals surface area (Å²) in [5, 5.41) is 13.0. The number of carbonyl (C=O) groups is 1. The van der Waals surface area contributed by atoms with Gasteiger partial charge in [-0.25, -0.2) is 4.98 Å². The van der Waals surface area contributed by atoms with Crippen LogP contribution < -0.4 is 15.5 Å². The summed E-state index contributed by atoms with van der Waals surface area (Å²) in [6, 6.07) is 7.45. The number of amides is 1. The van der Waals surface area contributed by atoms with Gasteiger partial charge in [0.15, 0.2) is 0 Å². The number of nitrogens with zero attached hydrogens (tertiary/aromatic N) is 4. The van der Waals surface area contributed by atoms with Crippen LogP contribution in [0.5, 0.6) is 0 Å². The number of H-pyrrole nitrogens is 1. The molecule has 1 aliphatic rings. The standard InChI is InChI=1S/C18H19N7O/c26-18(15-12-22-24-17(15)13-3-5-19-6-4-13)23-16-2-1-14(11-21-16)25-9-7-20-8-10-25/h1-6,11-12,20H,7-10H2,(H,22,24)(H,21,23,26). The molecule has 8 heteroatoms. The lowest BCUT2D eigenvalue weighted by molar-refractivity contribution is 0.102. The molecule has 0 aromatic carbocycles. The molecule has 0 radical (unpaired) electrons. The fraction of sp³-hybridized carbons (Fsp3) is 0.222. The van der Waals surface area contributed by atoms with Crippen molar-refractivity contribution >= 4 is 17.4 Å². The maximum atomic E-state index is 12.6. The van der Waals surface area contributed by atoms with Crippen LogP contribution in [0.2, 0.25) is 0 Å². The molecule has 4 heterocycles. The van der Waals surface area contributed by atoms with Crippen LogP contribution in [0.4, 0.5) is 11.5 Å². The Bertz CT molecular complexity index is 870. The Balaban J connectivity index is 1.48. The topological polar surface area (TPSA) is 98.8 Å². The van der Waals surface area contributed by atoms with Gasteiger partial charge in [-0.15, -0.1) is 0 Å². The molecule has 1 fully saturated rings. The molecular weight excluding hydrogens is 330 g/mol. The third kappa shape index (κ3) is 3.40. The summed E-state index contributed by atoms with van der Waals surface area (Å²) in [7, 11) is 0. The van der Waals surface area contributed by atoms with Crippen LogP contribution in [0.3, 0.4) is 0 Å². The molecule has 1 aliphatic heterocycles. The largest absolute Gasteiger partial charge is 0.368 e. The highest BCUT2D eigenvalue weighted by Crippen LogP contribution is 2.21. The Labute approximate surface area is 150 Å². The molecule has 4 rings (SSSR count). The minimum Gasteiger partial charge on any atom is -0.368 e. The summed E-state index contributed by atoms with van der Waals surface area (Å²) in [6.07, 6.45) is 6.66. The van der Waals surface area contributed by atoms with Crippen molar-refractivity contribution < 1.29 is 4.79 Å². The second-order valence-corrected chi connectivity index (χ2v) is 5.99. The van der Waals surface area contributed by atoms with Crippen LogP contribution in [0.25, 0.3) is 11.3 Å². The molecule has 0 atom stereocenters. The third-order valence-electron chi connectivity index (χ3n) is 4.32. The Morgan fingerprint density at radius 3 is 2.62 bits per heavy atom. The van der Waals surface area contributed by atoms with Crippen molar-refractivity contribution in [2.75, 3.05) is 36.4 Å². The summed E-state index contributed by atoms with van der Waals surface area (Å²) in [4.78, 5) is 23.2. The molecular formula is C18H19N7O. The van der Waals surface area contributed by atoms with E-state index in [4.69, 9.17) is 0 Å². The van der Waals surface area contributed by atoms with Crippen molar-refractivity contribution in [2.24, 2.45) is 0 Å². The number of hydrogen-bond donors (Lipinski definition) is 3. The van der Waals surface area contributed by atoms with Crippen molar-refractivity contribution in [3.05, 3.63) is 54.6 Å². The number of anilines is 2. The van der Waals surface area contributed by atoms with Crippen LogP contribution in [0.1, 0.15) is 10.4 Å². The van der Waals surface area contributed by atoms with Crippen molar-refractivity contribution in [1.82, 2.24) is 25.5 Å². The Hall–Kier alpha value is -3.26. The van der Waals surface area contributed by atoms with E-state index in [1.165, 1.54) is 6.20 Å². The van der Waals surface area contributed by atoms with E-state index < -0.39 is 0 Å². The van der Waals surface area contributed by atoms with Gasteiger partial charge in [-0.1, -0.05) is 0 Å². The molecule has 0 spiro atoms. The van der Waals surface area contributed by atoms with Crippen molar-refractivity contribution in [3.8, 4) is 11.3 Å². The van der Waals surface area contributed by atoms with Crippen molar-refractivity contribution in [2.45, 2.75) is 0 Å². The molecule has 3 N–H and O–H groups in total. The molecule has 132 valence electrons. The first-order valence-corrected chi connectivity index (χ1v) is 8.48. The van der Waals surface area contributed by atoms with Gasteiger partial charge in [0.05, 0.1) is 29.3 Å². The van der Waals surface area contributed by atoms with E-state index in [0.717, 1.165) is 37.4 Å². The number of hydrogen-bond acceptors (Lipinski definition) is 6. The Kier molecular flexibility index (Phi) is 4.57. The quantitative estimate of drug-likeness (QED) is 0.661. The molecule has 3 aromatic heterocycles. The van der Waals surface area contributed by atoms with Gasteiger partial charge in [0, 0.05) is 44.1 Å². The lowest BCUT2D eigenvalue weighted by Gasteiger charge is -2.29. The molecule has 0 unspecified atom stereocenters. The average Bonchev–Trinajstić information content (AvgIpc) is 3.20. The summed E-state index contributed by atoms with van der Waals surface area (Å²) in [5.41, 5.74) is 3.03. The zero-order valence-electron chi connectivity index (χ0n) is 14.1. The maximum absolute atomic E-state index is 12.6. The highest BCUT2D eigenvalue weighted by Gasteiger charge is 2.16. The zero-order valence-corrected chi connectivity index (χ0v) is 14.1. The summed E-state index contributed by atoms with van der Waals surface area (Å²) >= 11 is 0. The second kappa shape index (κ2) is 7.32. The maximum Gasteiger partial charge on any atom is 0.260 e. The molecule has 0 bridgehead atoms. The Morgan fingerprint density at radius 1 is 1.08 bits per heavy atom. The first kappa shape index (κ1) is 16.2. The van der Waals surface area contributed by atoms with Crippen LogP contribution in [0, 0.1) is 0 Å². The smallest absolute Gasteiger partial charge is 0.260 e. The van der Waals surface area contributed by atoms with Gasteiger partial charge >= 0.3 is 0 Å². The van der Waals surface area contributed by atoms with Gasteiger partial charge in [0.25, 0.3) is 5.91 Å². The predicted molar refractivity (Wildman–Crippen MR) is 99.1 cm³/mol. The predicted octanol–water partition coefficient (Wildman–Crippen LogP) is 1.53. The van der Waals surface area contributed by atoms with Crippen LogP contribution in [0.15, 0.2) is 49.1 Å². The SMILES string of the molecule is O=C(Nc1ccc(N2CCNCC2)cn1)c1cn[nH]c1-c1ccncc1. The Morgan fingerprint density at radius 2 is 1.88 bits per heavy atom. The molecule has 8 nitrogen and oxygen atoms in total. The summed E-state index contributed by atoms with van der Waals surface area (Å²) < 4.78 is 0. The van der Waals surface area contributed by atoms with E-state index in [0.29, 0.717) is 17.1 Å². The lowest BCUT2D eigenvalue weighted by Crippen LogP contribution is -2.43. The van der Waals surface area contributed by atoms with E-state index in [1.54, 1.807) is 18.6 Å². The summed E-state index contributed by atoms with van der Waals surface area (Å²) in [5.74, 6) is 0.253. The molecule has 0 aliphatic carbocycles. The zero-order chi connectivity index (χ0) is 17.8. The van der Waals surface area contributed by atoms with Gasteiger partial charge in [0.2, 0.25) is 0 Å². The molecule has 0 saturated carbocycles. The second-order valence-electron chi connectivity index (χ2n) is 5.99. The number of carbonyl (C=O) groups excluding carboxylic acids is 1. The molecule has 1 amide bonds. The van der Waals surface area contributed by atoms with E-state index in [9.17, 15) is 4.79 Å². The van der Waals surface area contributed by atoms with E-state index in [1.807, 2.05) is 24.3 Å². The first-order chi connectivity index (χ1) is 12.8. The highest BCUT2D eigenvalue weighted by molar-refractivity contribution is 6.07. The number of aromatic amines is 1. The number of piperazine rings is 1. The average molecular weight is 349 g/mol. The minimum absolute atomic E-state index is 0.256. The minimum atomic E-state index is -0.256. The van der Waals surface area contributed by atoms with Crippen LogP contribution >= 0.6 is 0 Å². The number of nitrogens with one attached hydrogen (secondary N) is 3. The van der Waals surface area contributed by atoms with Gasteiger partial charge in [-0.2, -0.15) is 5.10 Å².